The third-order valence-corrected chi connectivity index (χ3v) is 11.2. The summed E-state index contributed by atoms with van der Waals surface area (Å²) in [5.41, 5.74) is 10.3. The molecule has 6 aromatic carbocycles. The van der Waals surface area contributed by atoms with E-state index in [0.29, 0.717) is 28.6 Å². The predicted octanol–water partition coefficient (Wildman–Crippen LogP) is 11.3. The molecular formula is C45H30N4S. The van der Waals surface area contributed by atoms with E-state index in [0.717, 1.165) is 16.7 Å². The number of rotatable bonds is 5. The van der Waals surface area contributed by atoms with Gasteiger partial charge in [0.2, 0.25) is 0 Å². The molecule has 0 fully saturated rings. The number of hydrogen-bond acceptors (Lipinski definition) is 4. The molecule has 5 heteroatoms. The molecule has 0 saturated carbocycles. The lowest BCUT2D eigenvalue weighted by atomic mass is 9.89. The maximum Gasteiger partial charge on any atom is 0.164 e. The first-order chi connectivity index (χ1) is 24.8. The number of fused-ring (bicyclic) bond motifs is 6. The van der Waals surface area contributed by atoms with Gasteiger partial charge in [-0.2, -0.15) is 0 Å². The highest BCUT2D eigenvalue weighted by molar-refractivity contribution is 8.00. The minimum Gasteiger partial charge on any atom is -0.309 e. The van der Waals surface area contributed by atoms with E-state index in [1.165, 1.54) is 49.1 Å². The van der Waals surface area contributed by atoms with Crippen LogP contribution in [0.2, 0.25) is 0 Å². The molecule has 50 heavy (non-hydrogen) atoms. The molecular weight excluding hydrogens is 629 g/mol. The first-order valence-corrected chi connectivity index (χ1v) is 17.8. The van der Waals surface area contributed by atoms with Gasteiger partial charge < -0.3 is 4.57 Å². The van der Waals surface area contributed by atoms with Gasteiger partial charge in [0, 0.05) is 49.2 Å². The zero-order valence-corrected chi connectivity index (χ0v) is 27.8. The van der Waals surface area contributed by atoms with E-state index >= 15 is 0 Å². The summed E-state index contributed by atoms with van der Waals surface area (Å²) in [5.74, 6) is 2.32. The summed E-state index contributed by atoms with van der Waals surface area (Å²) in [6.45, 7) is 0. The van der Waals surface area contributed by atoms with Crippen molar-refractivity contribution in [1.29, 1.82) is 0 Å². The van der Waals surface area contributed by atoms with Crippen molar-refractivity contribution < 1.29 is 0 Å². The van der Waals surface area contributed by atoms with Crippen LogP contribution < -0.4 is 0 Å². The van der Waals surface area contributed by atoms with E-state index in [1.807, 2.05) is 72.4 Å². The normalized spacial score (nSPS) is 16.2. The van der Waals surface area contributed by atoms with Crippen molar-refractivity contribution in [3.63, 3.8) is 0 Å². The molecule has 0 saturated heterocycles. The van der Waals surface area contributed by atoms with Crippen molar-refractivity contribution in [2.45, 2.75) is 16.1 Å². The van der Waals surface area contributed by atoms with E-state index in [4.69, 9.17) is 15.0 Å². The van der Waals surface area contributed by atoms with Crippen molar-refractivity contribution in [2.24, 2.45) is 0 Å². The van der Waals surface area contributed by atoms with Gasteiger partial charge in [0.05, 0.1) is 11.0 Å². The quantitative estimate of drug-likeness (QED) is 0.185. The van der Waals surface area contributed by atoms with Gasteiger partial charge in [-0.25, -0.2) is 15.0 Å². The van der Waals surface area contributed by atoms with Crippen molar-refractivity contribution in [2.75, 3.05) is 0 Å². The number of para-hydroxylation sites is 2. The number of hydrogen-bond donors (Lipinski definition) is 0. The maximum absolute atomic E-state index is 4.97. The van der Waals surface area contributed by atoms with Gasteiger partial charge in [-0.1, -0.05) is 146 Å². The van der Waals surface area contributed by atoms with Crippen LogP contribution in [0.5, 0.6) is 0 Å². The fourth-order valence-electron chi connectivity index (χ4n) is 7.41. The van der Waals surface area contributed by atoms with Gasteiger partial charge in [0.1, 0.15) is 0 Å². The highest BCUT2D eigenvalue weighted by Crippen LogP contribution is 2.53. The zero-order valence-electron chi connectivity index (χ0n) is 27.0. The van der Waals surface area contributed by atoms with Crippen LogP contribution >= 0.6 is 11.8 Å². The largest absolute Gasteiger partial charge is 0.309 e. The molecule has 10 rings (SSSR count). The van der Waals surface area contributed by atoms with Gasteiger partial charge in [-0.3, -0.25) is 0 Å². The SMILES string of the molecule is C1=CC2Sc3c(-c4ccc(-c5nc(-c6ccccc6)nc(-c6ccccc6)n5)cc4)cc(-n4c5ccccc5c5ccccc54)cc3C2C=C1. The van der Waals surface area contributed by atoms with Gasteiger partial charge in [-0.15, -0.1) is 11.8 Å². The van der Waals surface area contributed by atoms with Crippen molar-refractivity contribution in [3.05, 3.63) is 175 Å². The number of nitrogens with zero attached hydrogens (tertiary/aromatic N) is 4. The van der Waals surface area contributed by atoms with E-state index < -0.39 is 0 Å². The Kier molecular flexibility index (Phi) is 6.84. The van der Waals surface area contributed by atoms with Crippen LogP contribution in [-0.2, 0) is 0 Å². The lowest BCUT2D eigenvalue weighted by Crippen LogP contribution is -2.07. The zero-order chi connectivity index (χ0) is 33.0. The fraction of sp³-hybridized carbons (Fsp3) is 0.0444. The Morgan fingerprint density at radius 3 is 1.58 bits per heavy atom. The Hall–Kier alpha value is -6.04. The van der Waals surface area contributed by atoms with Crippen molar-refractivity contribution in [3.8, 4) is 51.0 Å². The van der Waals surface area contributed by atoms with Gasteiger partial charge in [0.15, 0.2) is 17.5 Å². The lowest BCUT2D eigenvalue weighted by molar-refractivity contribution is 0.879. The number of benzene rings is 6. The Balaban J connectivity index is 1.13. The van der Waals surface area contributed by atoms with Gasteiger partial charge in [-0.05, 0) is 41.0 Å². The highest BCUT2D eigenvalue weighted by atomic mass is 32.2. The summed E-state index contributed by atoms with van der Waals surface area (Å²) >= 11 is 1.97. The van der Waals surface area contributed by atoms with Gasteiger partial charge >= 0.3 is 0 Å². The molecule has 0 amide bonds. The summed E-state index contributed by atoms with van der Waals surface area (Å²) in [6.07, 6.45) is 9.09. The molecule has 8 aromatic rings. The Morgan fingerprint density at radius 2 is 0.980 bits per heavy atom. The fourth-order valence-corrected chi connectivity index (χ4v) is 8.87. The Bertz CT molecular complexity index is 2510. The van der Waals surface area contributed by atoms with Crippen LogP contribution in [0.3, 0.4) is 0 Å². The topological polar surface area (TPSA) is 43.6 Å². The Morgan fingerprint density at radius 1 is 0.480 bits per heavy atom. The standard InChI is InChI=1S/C45H30N4S/c1-3-13-30(14-4-1)43-46-44(31-15-5-2-6-16-31)48-45(47-43)32-25-23-29(24-26-32)37-27-33(28-38-36-19-9-12-22-41(36)50-42(37)38)49-39-20-10-7-17-34(39)35-18-8-11-21-40(35)49/h1-28,36,41H. The number of aromatic nitrogens is 4. The minimum absolute atomic E-state index is 0.337. The highest BCUT2D eigenvalue weighted by Gasteiger charge is 2.34. The van der Waals surface area contributed by atoms with Crippen LogP contribution in [0.4, 0.5) is 0 Å². The smallest absolute Gasteiger partial charge is 0.164 e. The molecule has 236 valence electrons. The van der Waals surface area contributed by atoms with E-state index in [9.17, 15) is 0 Å². The molecule has 0 N–H and O–H groups in total. The van der Waals surface area contributed by atoms with Gasteiger partial charge in [0.25, 0.3) is 0 Å². The molecule has 2 unspecified atom stereocenters. The second-order valence-electron chi connectivity index (χ2n) is 12.8. The summed E-state index contributed by atoms with van der Waals surface area (Å²) in [6, 6.07) is 51.3. The predicted molar refractivity (Wildman–Crippen MR) is 207 cm³/mol. The van der Waals surface area contributed by atoms with Crippen LogP contribution in [0.25, 0.3) is 72.8 Å². The first kappa shape index (κ1) is 28.9. The summed E-state index contributed by atoms with van der Waals surface area (Å²) in [4.78, 5) is 16.2. The van der Waals surface area contributed by atoms with Crippen LogP contribution in [-0.4, -0.2) is 24.8 Å². The molecule has 1 aliphatic heterocycles. The average Bonchev–Trinajstić information content (AvgIpc) is 3.74. The monoisotopic (exact) mass is 658 g/mol. The average molecular weight is 659 g/mol. The maximum atomic E-state index is 4.97. The third kappa shape index (κ3) is 4.81. The summed E-state index contributed by atoms with van der Waals surface area (Å²) in [5, 5.41) is 2.92. The lowest BCUT2D eigenvalue weighted by Gasteiger charge is -2.17. The Labute approximate surface area is 294 Å². The van der Waals surface area contributed by atoms with E-state index in [1.54, 1.807) is 0 Å². The molecule has 2 aromatic heterocycles. The third-order valence-electron chi connectivity index (χ3n) is 9.79. The van der Waals surface area contributed by atoms with Crippen LogP contribution in [0.1, 0.15) is 11.5 Å². The van der Waals surface area contributed by atoms with E-state index in [2.05, 4.69) is 114 Å². The molecule has 2 aliphatic rings. The summed E-state index contributed by atoms with van der Waals surface area (Å²) in [7, 11) is 0. The second-order valence-corrected chi connectivity index (χ2v) is 14.0. The summed E-state index contributed by atoms with van der Waals surface area (Å²) < 4.78 is 2.43. The molecule has 4 nitrogen and oxygen atoms in total. The van der Waals surface area contributed by atoms with Crippen molar-refractivity contribution in [1.82, 2.24) is 19.5 Å². The molecule has 0 spiro atoms. The minimum atomic E-state index is 0.337. The van der Waals surface area contributed by atoms with E-state index in [-0.39, 0.29) is 0 Å². The molecule has 0 bridgehead atoms. The number of allylic oxidation sites excluding steroid dienone is 3. The molecule has 3 heterocycles. The molecule has 2 atom stereocenters. The first-order valence-electron chi connectivity index (χ1n) is 16.9. The molecule has 1 aliphatic carbocycles. The second kappa shape index (κ2) is 11.8. The van der Waals surface area contributed by atoms with Crippen LogP contribution in [0, 0.1) is 0 Å². The number of thioether (sulfide) groups is 1. The molecule has 0 radical (unpaired) electrons. The van der Waals surface area contributed by atoms with Crippen molar-refractivity contribution >= 4 is 33.6 Å². The van der Waals surface area contributed by atoms with Crippen LogP contribution in [0.15, 0.2) is 175 Å².